The number of piperidine rings is 2. The number of aliphatic hydroxyl groups is 1. The van der Waals surface area contributed by atoms with Gasteiger partial charge in [0.2, 0.25) is 0 Å². The van der Waals surface area contributed by atoms with Crippen molar-refractivity contribution in [3.05, 3.63) is 59.1 Å². The zero-order valence-corrected chi connectivity index (χ0v) is 19.0. The molecule has 172 valence electrons. The lowest BCUT2D eigenvalue weighted by molar-refractivity contribution is -0.0475. The van der Waals surface area contributed by atoms with Crippen LogP contribution < -0.4 is 14.8 Å². The van der Waals surface area contributed by atoms with Crippen molar-refractivity contribution in [3.63, 3.8) is 0 Å². The summed E-state index contributed by atoms with van der Waals surface area (Å²) in [5.74, 6) is 2.04. The molecule has 2 N–H and O–H groups in total. The molecule has 0 aliphatic carbocycles. The summed E-state index contributed by atoms with van der Waals surface area (Å²) >= 11 is 5.89. The number of carbonyl (C=O) groups excluding carboxylic acids is 1. The Morgan fingerprint density at radius 2 is 1.59 bits per heavy atom. The number of amides is 1. The number of likely N-dealkylation sites (tertiary alicyclic amines) is 1. The van der Waals surface area contributed by atoms with Crippen molar-refractivity contribution in [2.24, 2.45) is 5.92 Å². The summed E-state index contributed by atoms with van der Waals surface area (Å²) in [5.41, 5.74) is -0.301. The summed E-state index contributed by atoms with van der Waals surface area (Å²) < 4.78 is 11.7. The maximum atomic E-state index is 12.9. The highest BCUT2D eigenvalue weighted by Gasteiger charge is 2.35. The maximum Gasteiger partial charge on any atom is 0.253 e. The Balaban J connectivity index is 1.24. The van der Waals surface area contributed by atoms with Crippen molar-refractivity contribution in [3.8, 4) is 11.5 Å². The standard InChI is InChI=1S/C25H31ClN2O4/c26-21-3-7-23(8-4-21)32-18-25(30)11-15-28(16-12-25)24(29)20-1-5-22(6-2-20)31-17-19-9-13-27-14-10-19/h1-8,19,27,30H,9-18H2. The summed E-state index contributed by atoms with van der Waals surface area (Å²) in [6.45, 7) is 4.01. The molecule has 4 rings (SSSR count). The highest BCUT2D eigenvalue weighted by molar-refractivity contribution is 6.30. The van der Waals surface area contributed by atoms with E-state index >= 15 is 0 Å². The molecule has 2 aliphatic rings. The van der Waals surface area contributed by atoms with E-state index in [1.807, 2.05) is 24.3 Å². The third-order valence-corrected chi connectivity index (χ3v) is 6.60. The van der Waals surface area contributed by atoms with Crippen LogP contribution in [-0.4, -0.2) is 60.9 Å². The van der Waals surface area contributed by atoms with E-state index in [0.29, 0.717) is 48.2 Å². The first-order valence-corrected chi connectivity index (χ1v) is 11.7. The number of nitrogens with zero attached hydrogens (tertiary/aromatic N) is 1. The fraction of sp³-hybridized carbons (Fsp3) is 0.480. The monoisotopic (exact) mass is 458 g/mol. The van der Waals surface area contributed by atoms with Gasteiger partial charge in [0.1, 0.15) is 23.7 Å². The summed E-state index contributed by atoms with van der Waals surface area (Å²) in [6, 6.07) is 14.5. The number of benzene rings is 2. The summed E-state index contributed by atoms with van der Waals surface area (Å²) in [6.07, 6.45) is 3.23. The van der Waals surface area contributed by atoms with Gasteiger partial charge in [-0.15, -0.1) is 0 Å². The third-order valence-electron chi connectivity index (χ3n) is 6.35. The molecule has 2 fully saturated rings. The van der Waals surface area contributed by atoms with Crippen LogP contribution in [0.25, 0.3) is 0 Å². The van der Waals surface area contributed by atoms with Gasteiger partial charge in [0.05, 0.1) is 6.61 Å². The molecule has 0 atom stereocenters. The van der Waals surface area contributed by atoms with Gasteiger partial charge in [0, 0.05) is 23.7 Å². The molecule has 0 saturated carbocycles. The van der Waals surface area contributed by atoms with Gasteiger partial charge in [-0.05, 0) is 93.2 Å². The Morgan fingerprint density at radius 1 is 1.00 bits per heavy atom. The lowest BCUT2D eigenvalue weighted by atomic mass is 9.92. The first-order chi connectivity index (χ1) is 15.5. The van der Waals surface area contributed by atoms with E-state index < -0.39 is 5.60 Å². The number of rotatable bonds is 7. The van der Waals surface area contributed by atoms with Crippen LogP contribution in [0.3, 0.4) is 0 Å². The van der Waals surface area contributed by atoms with E-state index in [-0.39, 0.29) is 12.5 Å². The smallest absolute Gasteiger partial charge is 0.253 e. The number of nitrogens with one attached hydrogen (secondary N) is 1. The number of halogens is 1. The molecule has 2 aliphatic heterocycles. The van der Waals surface area contributed by atoms with E-state index in [1.165, 1.54) is 0 Å². The maximum absolute atomic E-state index is 12.9. The Hall–Kier alpha value is -2.28. The van der Waals surface area contributed by atoms with Crippen LogP contribution in [0.4, 0.5) is 0 Å². The van der Waals surface area contributed by atoms with Gasteiger partial charge in [-0.1, -0.05) is 11.6 Å². The lowest BCUT2D eigenvalue weighted by Crippen LogP contribution is -2.49. The van der Waals surface area contributed by atoms with Crippen LogP contribution in [-0.2, 0) is 0 Å². The quantitative estimate of drug-likeness (QED) is 0.661. The van der Waals surface area contributed by atoms with Crippen molar-refractivity contribution in [1.29, 1.82) is 0 Å². The Kier molecular flexibility index (Phi) is 7.55. The molecule has 0 radical (unpaired) electrons. The van der Waals surface area contributed by atoms with Crippen molar-refractivity contribution < 1.29 is 19.4 Å². The highest BCUT2D eigenvalue weighted by atomic mass is 35.5. The fourth-order valence-corrected chi connectivity index (χ4v) is 4.28. The molecule has 2 saturated heterocycles. The van der Waals surface area contributed by atoms with Crippen molar-refractivity contribution in [2.75, 3.05) is 39.4 Å². The molecule has 2 heterocycles. The minimum atomic E-state index is -0.942. The first-order valence-electron chi connectivity index (χ1n) is 11.3. The van der Waals surface area contributed by atoms with E-state index in [9.17, 15) is 9.90 Å². The van der Waals surface area contributed by atoms with Gasteiger partial charge >= 0.3 is 0 Å². The van der Waals surface area contributed by atoms with E-state index in [1.54, 1.807) is 29.2 Å². The molecule has 0 aromatic heterocycles. The SMILES string of the molecule is O=C(c1ccc(OCC2CCNCC2)cc1)N1CCC(O)(COc2ccc(Cl)cc2)CC1. The van der Waals surface area contributed by atoms with Gasteiger partial charge in [0.25, 0.3) is 5.91 Å². The predicted octanol–water partition coefficient (Wildman–Crippen LogP) is 3.76. The van der Waals surface area contributed by atoms with Crippen molar-refractivity contribution >= 4 is 17.5 Å². The van der Waals surface area contributed by atoms with Crippen molar-refractivity contribution in [1.82, 2.24) is 10.2 Å². The van der Waals surface area contributed by atoms with Gasteiger partial charge in [0.15, 0.2) is 0 Å². The fourth-order valence-electron chi connectivity index (χ4n) is 4.16. The summed E-state index contributed by atoms with van der Waals surface area (Å²) in [4.78, 5) is 14.7. The molecular weight excluding hydrogens is 428 g/mol. The van der Waals surface area contributed by atoms with Gasteiger partial charge < -0.3 is 24.8 Å². The van der Waals surface area contributed by atoms with Crippen molar-refractivity contribution in [2.45, 2.75) is 31.3 Å². The van der Waals surface area contributed by atoms with E-state index in [4.69, 9.17) is 21.1 Å². The number of hydrogen-bond donors (Lipinski definition) is 2. The van der Waals surface area contributed by atoms with Crippen LogP contribution in [0.1, 0.15) is 36.0 Å². The largest absolute Gasteiger partial charge is 0.493 e. The number of carbonyl (C=O) groups is 1. The average molecular weight is 459 g/mol. The first kappa shape index (κ1) is 22.9. The third kappa shape index (κ3) is 6.15. The minimum Gasteiger partial charge on any atom is -0.493 e. The molecule has 2 aromatic carbocycles. The molecule has 7 heteroatoms. The Morgan fingerprint density at radius 3 is 2.25 bits per heavy atom. The zero-order chi connectivity index (χ0) is 22.4. The molecular formula is C25H31ClN2O4. The molecule has 0 bridgehead atoms. The van der Waals surface area contributed by atoms with Gasteiger partial charge in [-0.25, -0.2) is 0 Å². The number of hydrogen-bond acceptors (Lipinski definition) is 5. The molecule has 0 unspecified atom stereocenters. The van der Waals surface area contributed by atoms with E-state index in [2.05, 4.69) is 5.32 Å². The predicted molar refractivity (Wildman–Crippen MR) is 125 cm³/mol. The molecule has 2 aromatic rings. The molecule has 0 spiro atoms. The molecule has 32 heavy (non-hydrogen) atoms. The Labute approximate surface area is 194 Å². The van der Waals surface area contributed by atoms with Gasteiger partial charge in [-0.3, -0.25) is 4.79 Å². The summed E-state index contributed by atoms with van der Waals surface area (Å²) in [5, 5.41) is 14.9. The van der Waals surface area contributed by atoms with Gasteiger partial charge in [-0.2, -0.15) is 0 Å². The Bertz CT molecular complexity index is 874. The normalized spacial score (nSPS) is 18.9. The highest BCUT2D eigenvalue weighted by Crippen LogP contribution is 2.26. The minimum absolute atomic E-state index is 0.0180. The second-order valence-electron chi connectivity index (χ2n) is 8.79. The van der Waals surface area contributed by atoms with E-state index in [0.717, 1.165) is 38.3 Å². The lowest BCUT2D eigenvalue weighted by Gasteiger charge is -2.38. The van der Waals surface area contributed by atoms with Crippen LogP contribution in [0.5, 0.6) is 11.5 Å². The average Bonchev–Trinajstić information content (AvgIpc) is 2.83. The molecule has 1 amide bonds. The van der Waals surface area contributed by atoms with Crippen LogP contribution in [0.15, 0.2) is 48.5 Å². The zero-order valence-electron chi connectivity index (χ0n) is 18.3. The topological polar surface area (TPSA) is 71.0 Å². The van der Waals surface area contributed by atoms with Crippen LogP contribution in [0.2, 0.25) is 5.02 Å². The van der Waals surface area contributed by atoms with Crippen LogP contribution in [0, 0.1) is 5.92 Å². The summed E-state index contributed by atoms with van der Waals surface area (Å²) in [7, 11) is 0. The molecule has 6 nitrogen and oxygen atoms in total. The number of ether oxygens (including phenoxy) is 2. The second-order valence-corrected chi connectivity index (χ2v) is 9.22. The van der Waals surface area contributed by atoms with Crippen LogP contribution >= 0.6 is 11.6 Å². The second kappa shape index (κ2) is 10.6.